The summed E-state index contributed by atoms with van der Waals surface area (Å²) in [7, 11) is 0. The zero-order chi connectivity index (χ0) is 9.84. The fraction of sp³-hybridized carbons (Fsp3) is 0.750. The number of rotatable bonds is 4. The van der Waals surface area contributed by atoms with E-state index >= 15 is 0 Å². The molecule has 0 saturated carbocycles. The summed E-state index contributed by atoms with van der Waals surface area (Å²) in [5, 5.41) is 11.4. The molecule has 5 heteroatoms. The third-order valence-electron chi connectivity index (χ3n) is 1.91. The highest BCUT2D eigenvalue weighted by atomic mass is 16.6. The topological polar surface area (TPSA) is 75.6 Å². The van der Waals surface area contributed by atoms with Crippen LogP contribution in [0.5, 0.6) is 0 Å². The molecule has 2 N–H and O–H groups in total. The van der Waals surface area contributed by atoms with Crippen LogP contribution in [0.3, 0.4) is 0 Å². The molecular formula is C8H13NO4. The number of ether oxygens (including phenoxy) is 1. The molecular weight excluding hydrogens is 174 g/mol. The molecule has 0 aromatic carbocycles. The number of nitrogens with one attached hydrogen (secondary N) is 1. The lowest BCUT2D eigenvalue weighted by Gasteiger charge is -2.12. The van der Waals surface area contributed by atoms with Gasteiger partial charge in [0.2, 0.25) is 11.8 Å². The number of carbonyl (C=O) groups excluding carboxylic acids is 2. The van der Waals surface area contributed by atoms with Crippen molar-refractivity contribution < 1.29 is 19.4 Å². The highest BCUT2D eigenvalue weighted by Crippen LogP contribution is 2.17. The molecule has 0 aliphatic carbocycles. The van der Waals surface area contributed by atoms with Crippen LogP contribution in [0.4, 0.5) is 0 Å². The van der Waals surface area contributed by atoms with E-state index in [1.807, 2.05) is 0 Å². The van der Waals surface area contributed by atoms with Crippen LogP contribution in [0.2, 0.25) is 0 Å². The van der Waals surface area contributed by atoms with E-state index < -0.39 is 12.2 Å². The fourth-order valence-electron chi connectivity index (χ4n) is 1.30. The summed E-state index contributed by atoms with van der Waals surface area (Å²) in [5.41, 5.74) is 0. The number of hydrogen-bond acceptors (Lipinski definition) is 4. The SMILES string of the molecule is CCOC(O)CC1CC(=O)NC1=O. The quantitative estimate of drug-likeness (QED) is 0.455. The lowest BCUT2D eigenvalue weighted by molar-refractivity contribution is -0.132. The van der Waals surface area contributed by atoms with E-state index in [1.165, 1.54) is 0 Å². The fourth-order valence-corrected chi connectivity index (χ4v) is 1.30. The molecule has 1 fully saturated rings. The molecule has 2 atom stereocenters. The van der Waals surface area contributed by atoms with Crippen molar-refractivity contribution in [2.24, 2.45) is 5.92 Å². The molecule has 13 heavy (non-hydrogen) atoms. The van der Waals surface area contributed by atoms with Gasteiger partial charge in [-0.3, -0.25) is 14.9 Å². The first-order valence-corrected chi connectivity index (χ1v) is 4.26. The Hall–Kier alpha value is -0.940. The monoisotopic (exact) mass is 187 g/mol. The van der Waals surface area contributed by atoms with Gasteiger partial charge in [-0.15, -0.1) is 0 Å². The predicted molar refractivity (Wildman–Crippen MR) is 43.5 cm³/mol. The molecule has 1 heterocycles. The van der Waals surface area contributed by atoms with Crippen molar-refractivity contribution in [3.63, 3.8) is 0 Å². The van der Waals surface area contributed by atoms with Crippen LogP contribution >= 0.6 is 0 Å². The molecule has 1 aliphatic heterocycles. The van der Waals surface area contributed by atoms with Crippen LogP contribution in [0, 0.1) is 5.92 Å². The van der Waals surface area contributed by atoms with Gasteiger partial charge in [0.15, 0.2) is 6.29 Å². The lowest BCUT2D eigenvalue weighted by Crippen LogP contribution is -2.25. The van der Waals surface area contributed by atoms with Gasteiger partial charge in [0.1, 0.15) is 0 Å². The molecule has 0 bridgehead atoms. The maximum absolute atomic E-state index is 11.0. The molecule has 0 aromatic rings. The number of amides is 2. The Morgan fingerprint density at radius 2 is 2.38 bits per heavy atom. The molecule has 74 valence electrons. The Morgan fingerprint density at radius 3 is 2.85 bits per heavy atom. The zero-order valence-electron chi connectivity index (χ0n) is 7.45. The summed E-state index contributed by atoms with van der Waals surface area (Å²) in [6.45, 7) is 2.15. The van der Waals surface area contributed by atoms with Crippen molar-refractivity contribution in [2.45, 2.75) is 26.1 Å². The molecule has 0 aromatic heterocycles. The van der Waals surface area contributed by atoms with Gasteiger partial charge < -0.3 is 9.84 Å². The largest absolute Gasteiger partial charge is 0.368 e. The Bertz CT molecular complexity index is 216. The minimum atomic E-state index is -0.952. The maximum Gasteiger partial charge on any atom is 0.230 e. The van der Waals surface area contributed by atoms with Crippen LogP contribution in [0.25, 0.3) is 0 Å². The summed E-state index contributed by atoms with van der Waals surface area (Å²) in [5.74, 6) is -1.03. The Kier molecular flexibility index (Phi) is 3.39. The molecule has 1 rings (SSSR count). The number of aliphatic hydroxyl groups excluding tert-OH is 1. The average Bonchev–Trinajstić information content (AvgIpc) is 2.30. The highest BCUT2D eigenvalue weighted by molar-refractivity contribution is 6.03. The molecule has 1 saturated heterocycles. The van der Waals surface area contributed by atoms with Crippen LogP contribution < -0.4 is 5.32 Å². The van der Waals surface area contributed by atoms with Gasteiger partial charge >= 0.3 is 0 Å². The van der Waals surface area contributed by atoms with E-state index in [0.29, 0.717) is 6.61 Å². The van der Waals surface area contributed by atoms with Crippen molar-refractivity contribution in [1.29, 1.82) is 0 Å². The predicted octanol–water partition coefficient (Wildman–Crippen LogP) is -0.606. The molecule has 5 nitrogen and oxygen atoms in total. The molecule has 2 unspecified atom stereocenters. The minimum absolute atomic E-state index is 0.156. The first-order chi connectivity index (χ1) is 6.13. The first-order valence-electron chi connectivity index (χ1n) is 4.26. The van der Waals surface area contributed by atoms with E-state index in [0.717, 1.165) is 0 Å². The minimum Gasteiger partial charge on any atom is -0.368 e. The van der Waals surface area contributed by atoms with Crippen molar-refractivity contribution in [3.8, 4) is 0 Å². The number of aliphatic hydroxyl groups is 1. The second-order valence-electron chi connectivity index (χ2n) is 2.96. The van der Waals surface area contributed by atoms with Crippen molar-refractivity contribution in [2.75, 3.05) is 6.61 Å². The number of hydrogen-bond donors (Lipinski definition) is 2. The van der Waals surface area contributed by atoms with Crippen LogP contribution in [-0.4, -0.2) is 29.8 Å². The van der Waals surface area contributed by atoms with Gasteiger partial charge in [0.25, 0.3) is 0 Å². The molecule has 0 spiro atoms. The van der Waals surface area contributed by atoms with Gasteiger partial charge in [0, 0.05) is 19.4 Å². The van der Waals surface area contributed by atoms with Gasteiger partial charge in [-0.25, -0.2) is 0 Å². The second kappa shape index (κ2) is 4.34. The van der Waals surface area contributed by atoms with E-state index in [9.17, 15) is 14.7 Å². The normalized spacial score (nSPS) is 24.6. The van der Waals surface area contributed by atoms with E-state index in [1.54, 1.807) is 6.92 Å². The van der Waals surface area contributed by atoms with E-state index in [4.69, 9.17) is 4.74 Å². The molecule has 1 aliphatic rings. The van der Waals surface area contributed by atoms with Crippen molar-refractivity contribution in [1.82, 2.24) is 5.32 Å². The number of carbonyl (C=O) groups is 2. The van der Waals surface area contributed by atoms with E-state index in [-0.39, 0.29) is 24.7 Å². The van der Waals surface area contributed by atoms with Crippen LogP contribution in [0.15, 0.2) is 0 Å². The van der Waals surface area contributed by atoms with Gasteiger partial charge in [-0.2, -0.15) is 0 Å². The third-order valence-corrected chi connectivity index (χ3v) is 1.91. The maximum atomic E-state index is 11.0. The Morgan fingerprint density at radius 1 is 1.69 bits per heavy atom. The molecule has 2 amide bonds. The van der Waals surface area contributed by atoms with E-state index in [2.05, 4.69) is 5.32 Å². The second-order valence-corrected chi connectivity index (χ2v) is 2.96. The van der Waals surface area contributed by atoms with Crippen LogP contribution in [0.1, 0.15) is 19.8 Å². The summed E-state index contributed by atoms with van der Waals surface area (Å²) >= 11 is 0. The highest BCUT2D eigenvalue weighted by Gasteiger charge is 2.32. The Labute approximate surface area is 76.1 Å². The third kappa shape index (κ3) is 2.78. The smallest absolute Gasteiger partial charge is 0.230 e. The summed E-state index contributed by atoms with van der Waals surface area (Å²) < 4.78 is 4.85. The number of imide groups is 1. The average molecular weight is 187 g/mol. The summed E-state index contributed by atoms with van der Waals surface area (Å²) in [6.07, 6.45) is -0.611. The lowest BCUT2D eigenvalue weighted by atomic mass is 10.0. The Balaban J connectivity index is 2.36. The van der Waals surface area contributed by atoms with Crippen molar-refractivity contribution in [3.05, 3.63) is 0 Å². The van der Waals surface area contributed by atoms with Gasteiger partial charge in [-0.1, -0.05) is 0 Å². The van der Waals surface area contributed by atoms with Gasteiger partial charge in [-0.05, 0) is 6.92 Å². The summed E-state index contributed by atoms with van der Waals surface area (Å²) in [6, 6.07) is 0. The summed E-state index contributed by atoms with van der Waals surface area (Å²) in [4.78, 5) is 21.8. The van der Waals surface area contributed by atoms with Gasteiger partial charge in [0.05, 0.1) is 5.92 Å². The first kappa shape index (κ1) is 10.1. The zero-order valence-corrected chi connectivity index (χ0v) is 7.45. The molecule has 0 radical (unpaired) electrons. The van der Waals surface area contributed by atoms with Crippen LogP contribution in [-0.2, 0) is 14.3 Å². The standard InChI is InChI=1S/C8H13NO4/c1-2-13-7(11)4-5-3-6(10)9-8(5)12/h5,7,11H,2-4H2,1H3,(H,9,10,12). The van der Waals surface area contributed by atoms with Crippen molar-refractivity contribution >= 4 is 11.8 Å².